The number of nitrogens with one attached hydrogen (secondary N) is 1. The molecule has 1 heterocycles. The summed E-state index contributed by atoms with van der Waals surface area (Å²) in [4.78, 5) is 12.4. The Morgan fingerprint density at radius 1 is 1.09 bits per heavy atom. The highest BCUT2D eigenvalue weighted by Crippen LogP contribution is 2.26. The lowest BCUT2D eigenvalue weighted by atomic mass is 10.1. The van der Waals surface area contributed by atoms with Crippen molar-refractivity contribution in [1.29, 1.82) is 0 Å². The summed E-state index contributed by atoms with van der Waals surface area (Å²) in [6.45, 7) is 4.54. The van der Waals surface area contributed by atoms with Gasteiger partial charge in [0.05, 0.1) is 0 Å². The molecule has 3 rings (SSSR count). The summed E-state index contributed by atoms with van der Waals surface area (Å²) < 4.78 is 5.74. The second-order valence-corrected chi connectivity index (χ2v) is 5.41. The molecule has 22 heavy (non-hydrogen) atoms. The molecular formula is C19H19NO2. The molecule has 0 bridgehead atoms. The monoisotopic (exact) mass is 293 g/mol. The molecule has 112 valence electrons. The number of aryl methyl sites for hydroxylation is 2. The number of fused-ring (bicyclic) bond motifs is 1. The lowest BCUT2D eigenvalue weighted by molar-refractivity contribution is 0.0924. The van der Waals surface area contributed by atoms with Crippen LogP contribution in [0.4, 0.5) is 0 Å². The van der Waals surface area contributed by atoms with Crippen molar-refractivity contribution in [3.8, 4) is 0 Å². The van der Waals surface area contributed by atoms with Gasteiger partial charge in [0, 0.05) is 17.5 Å². The SMILES string of the molecule is CCc1ccc2oc(C(=O)NCc3ccccc3)c(C)c2c1. The number of carbonyl (C=O) groups excluding carboxylic acids is 1. The Morgan fingerprint density at radius 3 is 2.59 bits per heavy atom. The molecule has 0 spiro atoms. The highest BCUT2D eigenvalue weighted by molar-refractivity contribution is 5.99. The van der Waals surface area contributed by atoms with E-state index in [0.717, 1.165) is 28.5 Å². The van der Waals surface area contributed by atoms with Crippen molar-refractivity contribution < 1.29 is 9.21 Å². The van der Waals surface area contributed by atoms with Gasteiger partial charge in [-0.1, -0.05) is 43.3 Å². The van der Waals surface area contributed by atoms with E-state index < -0.39 is 0 Å². The Bertz CT molecular complexity index is 803. The standard InChI is InChI=1S/C19H19NO2/c1-3-14-9-10-17-16(11-14)13(2)18(22-17)19(21)20-12-15-7-5-4-6-8-15/h4-11H,3,12H2,1-2H3,(H,20,21). The zero-order valence-corrected chi connectivity index (χ0v) is 12.8. The van der Waals surface area contributed by atoms with Gasteiger partial charge in [0.1, 0.15) is 5.58 Å². The topological polar surface area (TPSA) is 42.2 Å². The zero-order valence-electron chi connectivity index (χ0n) is 12.8. The third-order valence-electron chi connectivity index (χ3n) is 3.91. The Hall–Kier alpha value is -2.55. The lowest BCUT2D eigenvalue weighted by Gasteiger charge is -2.03. The predicted molar refractivity (Wildman–Crippen MR) is 87.9 cm³/mol. The summed E-state index contributed by atoms with van der Waals surface area (Å²) in [5, 5.41) is 3.93. The molecule has 0 unspecified atom stereocenters. The first-order valence-electron chi connectivity index (χ1n) is 7.53. The molecule has 0 radical (unpaired) electrons. The maximum atomic E-state index is 12.4. The van der Waals surface area contributed by atoms with Crippen molar-refractivity contribution >= 4 is 16.9 Å². The minimum atomic E-state index is -0.171. The van der Waals surface area contributed by atoms with Crippen LogP contribution in [0, 0.1) is 6.92 Å². The molecule has 3 aromatic rings. The third-order valence-corrected chi connectivity index (χ3v) is 3.91. The second kappa shape index (κ2) is 6.06. The van der Waals surface area contributed by atoms with Crippen LogP contribution in [0.5, 0.6) is 0 Å². The Labute approximate surface area is 130 Å². The number of carbonyl (C=O) groups is 1. The molecular weight excluding hydrogens is 274 g/mol. The maximum absolute atomic E-state index is 12.4. The molecule has 0 aliphatic rings. The van der Waals surface area contributed by atoms with Crippen molar-refractivity contribution in [2.75, 3.05) is 0 Å². The van der Waals surface area contributed by atoms with Gasteiger partial charge in [-0.15, -0.1) is 0 Å². The van der Waals surface area contributed by atoms with Gasteiger partial charge >= 0.3 is 0 Å². The first-order chi connectivity index (χ1) is 10.7. The fraction of sp³-hybridized carbons (Fsp3) is 0.211. The van der Waals surface area contributed by atoms with Gasteiger partial charge < -0.3 is 9.73 Å². The number of hydrogen-bond acceptors (Lipinski definition) is 2. The summed E-state index contributed by atoms with van der Waals surface area (Å²) in [7, 11) is 0. The first kappa shape index (κ1) is 14.4. The fourth-order valence-electron chi connectivity index (χ4n) is 2.56. The van der Waals surface area contributed by atoms with Crippen molar-refractivity contribution in [2.24, 2.45) is 0 Å². The molecule has 0 fully saturated rings. The maximum Gasteiger partial charge on any atom is 0.287 e. The van der Waals surface area contributed by atoms with Gasteiger partial charge in [0.25, 0.3) is 5.91 Å². The van der Waals surface area contributed by atoms with Crippen LogP contribution in [-0.2, 0) is 13.0 Å². The normalized spacial score (nSPS) is 10.8. The van der Waals surface area contributed by atoms with Gasteiger partial charge in [-0.25, -0.2) is 0 Å². The molecule has 1 aromatic heterocycles. The molecule has 2 aromatic carbocycles. The van der Waals surface area contributed by atoms with Crippen LogP contribution in [0.3, 0.4) is 0 Å². The number of amides is 1. The summed E-state index contributed by atoms with van der Waals surface area (Å²) in [5.41, 5.74) is 3.97. The van der Waals surface area contributed by atoms with Gasteiger partial charge in [-0.2, -0.15) is 0 Å². The largest absolute Gasteiger partial charge is 0.451 e. The second-order valence-electron chi connectivity index (χ2n) is 5.41. The van der Waals surface area contributed by atoms with E-state index >= 15 is 0 Å². The van der Waals surface area contributed by atoms with Crippen molar-refractivity contribution in [3.63, 3.8) is 0 Å². The van der Waals surface area contributed by atoms with E-state index in [0.29, 0.717) is 12.3 Å². The number of rotatable bonds is 4. The van der Waals surface area contributed by atoms with Crippen LogP contribution in [0.15, 0.2) is 52.9 Å². The molecule has 1 amide bonds. The average Bonchev–Trinajstić information content (AvgIpc) is 2.90. The Kier molecular flexibility index (Phi) is 3.96. The van der Waals surface area contributed by atoms with Gasteiger partial charge in [-0.3, -0.25) is 4.79 Å². The van der Waals surface area contributed by atoms with E-state index in [1.54, 1.807) is 0 Å². The minimum absolute atomic E-state index is 0.171. The minimum Gasteiger partial charge on any atom is -0.451 e. The zero-order chi connectivity index (χ0) is 15.5. The molecule has 3 nitrogen and oxygen atoms in total. The number of furan rings is 1. The van der Waals surface area contributed by atoms with Crippen LogP contribution < -0.4 is 5.32 Å². The van der Waals surface area contributed by atoms with Crippen molar-refractivity contribution in [2.45, 2.75) is 26.8 Å². The Balaban J connectivity index is 1.83. The van der Waals surface area contributed by atoms with Gasteiger partial charge in [0.15, 0.2) is 5.76 Å². The predicted octanol–water partition coefficient (Wildman–Crippen LogP) is 4.23. The van der Waals surface area contributed by atoms with Crippen molar-refractivity contribution in [1.82, 2.24) is 5.32 Å². The highest BCUT2D eigenvalue weighted by Gasteiger charge is 2.17. The number of benzene rings is 2. The molecule has 1 N–H and O–H groups in total. The van der Waals surface area contributed by atoms with E-state index in [-0.39, 0.29) is 5.91 Å². The molecule has 0 atom stereocenters. The van der Waals surface area contributed by atoms with E-state index in [9.17, 15) is 4.79 Å². The smallest absolute Gasteiger partial charge is 0.287 e. The summed E-state index contributed by atoms with van der Waals surface area (Å²) in [6.07, 6.45) is 0.968. The van der Waals surface area contributed by atoms with Crippen LogP contribution in [0.2, 0.25) is 0 Å². The summed E-state index contributed by atoms with van der Waals surface area (Å²) in [5.74, 6) is 0.231. The van der Waals surface area contributed by atoms with E-state index in [2.05, 4.69) is 18.3 Å². The van der Waals surface area contributed by atoms with Crippen molar-refractivity contribution in [3.05, 3.63) is 71.0 Å². The van der Waals surface area contributed by atoms with Gasteiger partial charge in [-0.05, 0) is 36.6 Å². The quantitative estimate of drug-likeness (QED) is 0.782. The van der Waals surface area contributed by atoms with E-state index in [1.807, 2.05) is 49.4 Å². The Morgan fingerprint density at radius 2 is 1.86 bits per heavy atom. The first-order valence-corrected chi connectivity index (χ1v) is 7.53. The molecule has 3 heteroatoms. The fourth-order valence-corrected chi connectivity index (χ4v) is 2.56. The van der Waals surface area contributed by atoms with Crippen LogP contribution in [0.25, 0.3) is 11.0 Å². The van der Waals surface area contributed by atoms with E-state index in [4.69, 9.17) is 4.42 Å². The van der Waals surface area contributed by atoms with Crippen LogP contribution >= 0.6 is 0 Å². The van der Waals surface area contributed by atoms with Gasteiger partial charge in [0.2, 0.25) is 0 Å². The molecule has 0 aliphatic carbocycles. The summed E-state index contributed by atoms with van der Waals surface area (Å²) in [6, 6.07) is 15.9. The molecule has 0 aliphatic heterocycles. The third kappa shape index (κ3) is 2.75. The summed E-state index contributed by atoms with van der Waals surface area (Å²) >= 11 is 0. The number of hydrogen-bond donors (Lipinski definition) is 1. The molecule has 0 saturated heterocycles. The average molecular weight is 293 g/mol. The molecule has 0 saturated carbocycles. The van der Waals surface area contributed by atoms with Crippen LogP contribution in [0.1, 0.15) is 34.2 Å². The highest BCUT2D eigenvalue weighted by atomic mass is 16.3. The van der Waals surface area contributed by atoms with E-state index in [1.165, 1.54) is 5.56 Å². The van der Waals surface area contributed by atoms with Crippen LogP contribution in [-0.4, -0.2) is 5.91 Å². The lowest BCUT2D eigenvalue weighted by Crippen LogP contribution is -2.22.